The van der Waals surface area contributed by atoms with Crippen molar-refractivity contribution in [1.29, 1.82) is 0 Å². The molecule has 0 aliphatic carbocycles. The van der Waals surface area contributed by atoms with Crippen LogP contribution in [0.3, 0.4) is 0 Å². The molecule has 0 bridgehead atoms. The molecular weight excluding hydrogens is 422 g/mol. The summed E-state index contributed by atoms with van der Waals surface area (Å²) < 4.78 is 40.9. The van der Waals surface area contributed by atoms with E-state index in [0.717, 1.165) is 11.8 Å². The van der Waals surface area contributed by atoms with Gasteiger partial charge >= 0.3 is 10.1 Å². The van der Waals surface area contributed by atoms with E-state index in [0.29, 0.717) is 20.5 Å². The number of hydrogen-bond donors (Lipinski definition) is 1. The van der Waals surface area contributed by atoms with E-state index >= 15 is 0 Å². The van der Waals surface area contributed by atoms with Gasteiger partial charge in [-0.05, 0) is 48.0 Å². The van der Waals surface area contributed by atoms with Gasteiger partial charge in [0.1, 0.15) is 15.0 Å². The minimum atomic E-state index is -4.06. The lowest BCUT2D eigenvalue weighted by Gasteiger charge is -2.12. The summed E-state index contributed by atoms with van der Waals surface area (Å²) in [6.07, 6.45) is 1.63. The largest absolute Gasteiger partial charge is 0.497 e. The van der Waals surface area contributed by atoms with E-state index < -0.39 is 10.1 Å². The molecule has 10 heteroatoms. The van der Waals surface area contributed by atoms with Gasteiger partial charge < -0.3 is 19.0 Å². The molecule has 1 heterocycles. The monoisotopic (exact) mass is 437 g/mol. The standard InChI is InChI=1S/C18H15NO6S3/c1-23-12-4-6-13(7-5-12)28(21,22)25-14-8-3-11(9-15(14)24-2)10-16-17(20)19-18(26)27-16/h3-10H,1-2H3,(H,19,20,26)/b16-10+. The molecule has 28 heavy (non-hydrogen) atoms. The van der Waals surface area contributed by atoms with Crippen LogP contribution in [0.5, 0.6) is 17.2 Å². The van der Waals surface area contributed by atoms with Crippen molar-refractivity contribution < 1.29 is 26.9 Å². The Morgan fingerprint density at radius 1 is 1.04 bits per heavy atom. The number of carbonyl (C=O) groups is 1. The Hall–Kier alpha value is -2.56. The molecule has 1 fully saturated rings. The summed E-state index contributed by atoms with van der Waals surface area (Å²) in [6, 6.07) is 10.5. The number of methoxy groups -OCH3 is 2. The number of benzene rings is 2. The molecule has 1 aliphatic heterocycles. The maximum absolute atomic E-state index is 12.5. The summed E-state index contributed by atoms with van der Waals surface area (Å²) in [5.74, 6) is 0.482. The first-order valence-corrected chi connectivity index (χ1v) is 10.5. The SMILES string of the molecule is COc1ccc(S(=O)(=O)Oc2ccc(/C=C3/SC(=S)NC3=O)cc2OC)cc1. The fourth-order valence-corrected chi connectivity index (χ4v) is 4.31. The van der Waals surface area contributed by atoms with Crippen molar-refractivity contribution in [1.82, 2.24) is 5.32 Å². The van der Waals surface area contributed by atoms with Gasteiger partial charge in [0.05, 0.1) is 19.1 Å². The second kappa shape index (κ2) is 8.21. The van der Waals surface area contributed by atoms with Crippen LogP contribution in [-0.4, -0.2) is 32.9 Å². The van der Waals surface area contributed by atoms with Crippen LogP contribution in [0.1, 0.15) is 5.56 Å². The van der Waals surface area contributed by atoms with Gasteiger partial charge in [-0.2, -0.15) is 8.42 Å². The Morgan fingerprint density at radius 2 is 1.75 bits per heavy atom. The molecule has 7 nitrogen and oxygen atoms in total. The smallest absolute Gasteiger partial charge is 0.339 e. The van der Waals surface area contributed by atoms with Crippen LogP contribution in [0.2, 0.25) is 0 Å². The fourth-order valence-electron chi connectivity index (χ4n) is 2.32. The van der Waals surface area contributed by atoms with Crippen molar-refractivity contribution in [2.75, 3.05) is 14.2 Å². The van der Waals surface area contributed by atoms with Crippen LogP contribution in [0.4, 0.5) is 0 Å². The summed E-state index contributed by atoms with van der Waals surface area (Å²) in [5.41, 5.74) is 0.633. The zero-order valence-corrected chi connectivity index (χ0v) is 17.2. The number of carbonyl (C=O) groups excluding carboxylic acids is 1. The van der Waals surface area contributed by atoms with E-state index in [1.54, 1.807) is 18.2 Å². The molecule has 146 valence electrons. The summed E-state index contributed by atoms with van der Waals surface area (Å²) in [6.45, 7) is 0. The Bertz CT molecular complexity index is 1060. The average molecular weight is 438 g/mol. The highest BCUT2D eigenvalue weighted by atomic mass is 32.2. The third kappa shape index (κ3) is 4.46. The molecule has 0 aromatic heterocycles. The molecule has 1 saturated heterocycles. The predicted molar refractivity (Wildman–Crippen MR) is 110 cm³/mol. The minimum absolute atomic E-state index is 0.0194. The summed E-state index contributed by atoms with van der Waals surface area (Å²) in [4.78, 5) is 12.2. The van der Waals surface area contributed by atoms with Crippen molar-refractivity contribution in [3.05, 3.63) is 52.9 Å². The van der Waals surface area contributed by atoms with Gasteiger partial charge in [0.15, 0.2) is 11.5 Å². The molecule has 0 unspecified atom stereocenters. The maximum Gasteiger partial charge on any atom is 0.339 e. The third-order valence-corrected chi connectivity index (χ3v) is 6.09. The van der Waals surface area contributed by atoms with E-state index in [4.69, 9.17) is 25.9 Å². The van der Waals surface area contributed by atoms with Crippen LogP contribution in [-0.2, 0) is 14.9 Å². The highest BCUT2D eigenvalue weighted by Crippen LogP contribution is 2.33. The van der Waals surface area contributed by atoms with E-state index in [1.165, 1.54) is 44.6 Å². The molecule has 0 radical (unpaired) electrons. The number of thioether (sulfide) groups is 1. The lowest BCUT2D eigenvalue weighted by atomic mass is 10.2. The number of amides is 1. The molecule has 0 spiro atoms. The highest BCUT2D eigenvalue weighted by molar-refractivity contribution is 8.26. The summed E-state index contributed by atoms with van der Waals surface area (Å²) >= 11 is 6.10. The lowest BCUT2D eigenvalue weighted by molar-refractivity contribution is -0.115. The Kier molecular flexibility index (Phi) is 5.92. The molecule has 1 N–H and O–H groups in total. The second-order valence-corrected chi connectivity index (χ2v) is 8.74. The third-order valence-electron chi connectivity index (χ3n) is 3.68. The van der Waals surface area contributed by atoms with Crippen LogP contribution in [0.15, 0.2) is 52.3 Å². The van der Waals surface area contributed by atoms with Gasteiger partial charge in [-0.1, -0.05) is 30.0 Å². The topological polar surface area (TPSA) is 90.9 Å². The van der Waals surface area contributed by atoms with Gasteiger partial charge in [-0.15, -0.1) is 0 Å². The van der Waals surface area contributed by atoms with Crippen LogP contribution < -0.4 is 19.0 Å². The van der Waals surface area contributed by atoms with Gasteiger partial charge in [-0.25, -0.2) is 0 Å². The summed E-state index contributed by atoms with van der Waals surface area (Å²) in [5, 5.41) is 2.53. The lowest BCUT2D eigenvalue weighted by Crippen LogP contribution is -2.17. The first kappa shape index (κ1) is 20.2. The predicted octanol–water partition coefficient (Wildman–Crippen LogP) is 2.96. The van der Waals surface area contributed by atoms with E-state index in [1.807, 2.05) is 0 Å². The minimum Gasteiger partial charge on any atom is -0.497 e. The molecule has 2 aromatic carbocycles. The Morgan fingerprint density at radius 3 is 2.32 bits per heavy atom. The second-order valence-electron chi connectivity index (χ2n) is 5.48. The van der Waals surface area contributed by atoms with E-state index in [2.05, 4.69) is 5.32 Å². The van der Waals surface area contributed by atoms with Crippen molar-refractivity contribution in [2.45, 2.75) is 4.90 Å². The first-order valence-electron chi connectivity index (χ1n) is 7.84. The Balaban J connectivity index is 1.87. The molecule has 0 atom stereocenters. The Labute approximate surface area is 171 Å². The number of ether oxygens (including phenoxy) is 2. The first-order chi connectivity index (χ1) is 13.3. The molecule has 2 aromatic rings. The molecule has 1 amide bonds. The van der Waals surface area contributed by atoms with Crippen molar-refractivity contribution in [2.24, 2.45) is 0 Å². The zero-order valence-electron chi connectivity index (χ0n) is 14.8. The van der Waals surface area contributed by atoms with E-state index in [9.17, 15) is 13.2 Å². The highest BCUT2D eigenvalue weighted by Gasteiger charge is 2.23. The van der Waals surface area contributed by atoms with Crippen LogP contribution in [0, 0.1) is 0 Å². The maximum atomic E-state index is 12.5. The number of nitrogens with one attached hydrogen (secondary N) is 1. The molecule has 0 saturated carbocycles. The van der Waals surface area contributed by atoms with Gasteiger partial charge in [0, 0.05) is 0 Å². The number of hydrogen-bond acceptors (Lipinski definition) is 8. The van der Waals surface area contributed by atoms with Crippen LogP contribution >= 0.6 is 24.0 Å². The van der Waals surface area contributed by atoms with E-state index in [-0.39, 0.29) is 22.3 Å². The van der Waals surface area contributed by atoms with Crippen molar-refractivity contribution in [3.8, 4) is 17.2 Å². The quantitative estimate of drug-likeness (QED) is 0.419. The van der Waals surface area contributed by atoms with Gasteiger partial charge in [0.25, 0.3) is 5.91 Å². The summed E-state index contributed by atoms with van der Waals surface area (Å²) in [7, 11) is -1.18. The molecule has 3 rings (SSSR count). The van der Waals surface area contributed by atoms with Crippen molar-refractivity contribution >= 4 is 50.4 Å². The van der Waals surface area contributed by atoms with Gasteiger partial charge in [0.2, 0.25) is 0 Å². The average Bonchev–Trinajstić information content (AvgIpc) is 2.99. The normalized spacial score (nSPS) is 15.4. The van der Waals surface area contributed by atoms with Crippen molar-refractivity contribution in [3.63, 3.8) is 0 Å². The molecular formula is C18H15NO6S3. The number of rotatable bonds is 6. The zero-order chi connectivity index (χ0) is 20.3. The molecule has 1 aliphatic rings. The van der Waals surface area contributed by atoms with Crippen LogP contribution in [0.25, 0.3) is 6.08 Å². The van der Waals surface area contributed by atoms with Gasteiger partial charge in [-0.3, -0.25) is 4.79 Å². The fraction of sp³-hybridized carbons (Fsp3) is 0.111. The number of thiocarbonyl (C=S) groups is 1.